The normalized spacial score (nSPS) is 10.2. The molecular weight excluding hydrogens is 420 g/mol. The Hall–Kier alpha value is -3.68. The zero-order valence-electron chi connectivity index (χ0n) is 19.2. The van der Waals surface area contributed by atoms with Gasteiger partial charge in [-0.05, 0) is 55.7 Å². The smallest absolute Gasteiger partial charge is 0.251 e. The van der Waals surface area contributed by atoms with E-state index in [0.717, 1.165) is 12.8 Å². The van der Waals surface area contributed by atoms with Gasteiger partial charge in [-0.2, -0.15) is 0 Å². The Labute approximate surface area is 194 Å². The zero-order chi connectivity index (χ0) is 24.1. The van der Waals surface area contributed by atoms with Crippen molar-refractivity contribution in [3.05, 3.63) is 59.7 Å². The van der Waals surface area contributed by atoms with E-state index in [1.807, 2.05) is 13.8 Å². The predicted octanol–water partition coefficient (Wildman–Crippen LogP) is 3.71. The topological polar surface area (TPSA) is 116 Å². The average molecular weight is 453 g/mol. The van der Waals surface area contributed by atoms with E-state index >= 15 is 0 Å². The summed E-state index contributed by atoms with van der Waals surface area (Å²) in [5.74, 6) is -0.833. The van der Waals surface area contributed by atoms with Crippen molar-refractivity contribution in [2.24, 2.45) is 0 Å². The summed E-state index contributed by atoms with van der Waals surface area (Å²) in [5, 5.41) is 11.1. The van der Waals surface area contributed by atoms with Gasteiger partial charge >= 0.3 is 0 Å². The third-order valence-corrected chi connectivity index (χ3v) is 4.70. The third kappa shape index (κ3) is 9.14. The first-order chi connectivity index (χ1) is 15.9. The first-order valence-electron chi connectivity index (χ1n) is 11.3. The molecule has 0 bridgehead atoms. The molecule has 8 nitrogen and oxygen atoms in total. The van der Waals surface area contributed by atoms with Crippen LogP contribution in [0, 0.1) is 0 Å². The maximum atomic E-state index is 12.2. The number of nitrogens with one attached hydrogen (secondary N) is 4. The van der Waals surface area contributed by atoms with E-state index in [-0.39, 0.29) is 36.5 Å². The van der Waals surface area contributed by atoms with Gasteiger partial charge in [-0.15, -0.1) is 0 Å². The summed E-state index contributed by atoms with van der Waals surface area (Å²) in [7, 11) is 0. The van der Waals surface area contributed by atoms with Crippen molar-refractivity contribution in [1.29, 1.82) is 0 Å². The quantitative estimate of drug-likeness (QED) is 0.393. The molecule has 0 spiro atoms. The lowest BCUT2D eigenvalue weighted by Crippen LogP contribution is -2.24. The summed E-state index contributed by atoms with van der Waals surface area (Å²) in [5.41, 5.74) is 2.02. The number of hydrogen-bond donors (Lipinski definition) is 4. The lowest BCUT2D eigenvalue weighted by Gasteiger charge is -2.09. The lowest BCUT2D eigenvalue weighted by atomic mass is 10.1. The second-order valence-electron chi connectivity index (χ2n) is 7.62. The Balaban J connectivity index is 1.78. The number of benzene rings is 2. The lowest BCUT2D eigenvalue weighted by molar-refractivity contribution is -0.117. The van der Waals surface area contributed by atoms with Crippen molar-refractivity contribution in [3.8, 4) is 0 Å². The number of amides is 4. The maximum absolute atomic E-state index is 12.2. The van der Waals surface area contributed by atoms with Crippen LogP contribution >= 0.6 is 0 Å². The maximum Gasteiger partial charge on any atom is 0.251 e. The summed E-state index contributed by atoms with van der Waals surface area (Å²) in [6, 6.07) is 13.5. The molecule has 0 aliphatic heterocycles. The van der Waals surface area contributed by atoms with E-state index in [1.54, 1.807) is 48.5 Å². The summed E-state index contributed by atoms with van der Waals surface area (Å²) < 4.78 is 0. The van der Waals surface area contributed by atoms with Crippen molar-refractivity contribution in [2.75, 3.05) is 23.7 Å². The van der Waals surface area contributed by atoms with Crippen molar-refractivity contribution < 1.29 is 19.2 Å². The molecule has 4 amide bonds. The fourth-order valence-electron chi connectivity index (χ4n) is 3.01. The van der Waals surface area contributed by atoms with Crippen LogP contribution in [-0.2, 0) is 9.59 Å². The molecule has 176 valence electrons. The van der Waals surface area contributed by atoms with Crippen LogP contribution in [0.15, 0.2) is 48.5 Å². The number of hydrogen-bond acceptors (Lipinski definition) is 4. The van der Waals surface area contributed by atoms with Gasteiger partial charge in [0.25, 0.3) is 11.8 Å². The van der Waals surface area contributed by atoms with Crippen LogP contribution in [0.4, 0.5) is 11.4 Å². The highest BCUT2D eigenvalue weighted by Crippen LogP contribution is 2.13. The van der Waals surface area contributed by atoms with Gasteiger partial charge in [-0.3, -0.25) is 19.2 Å². The van der Waals surface area contributed by atoms with Gasteiger partial charge in [0, 0.05) is 48.4 Å². The molecule has 0 atom stereocenters. The molecule has 2 aromatic rings. The van der Waals surface area contributed by atoms with Gasteiger partial charge in [0.1, 0.15) is 0 Å². The van der Waals surface area contributed by atoms with E-state index in [0.29, 0.717) is 42.0 Å². The second-order valence-corrected chi connectivity index (χ2v) is 7.62. The molecule has 0 fully saturated rings. The largest absolute Gasteiger partial charge is 0.352 e. The minimum Gasteiger partial charge on any atom is -0.352 e. The fourth-order valence-corrected chi connectivity index (χ4v) is 3.01. The van der Waals surface area contributed by atoms with Gasteiger partial charge in [0.15, 0.2) is 0 Å². The highest BCUT2D eigenvalue weighted by Gasteiger charge is 2.10. The van der Waals surface area contributed by atoms with Crippen LogP contribution in [0.25, 0.3) is 0 Å². The highest BCUT2D eigenvalue weighted by molar-refractivity contribution is 5.98. The van der Waals surface area contributed by atoms with Crippen LogP contribution < -0.4 is 21.3 Å². The fraction of sp³-hybridized carbons (Fsp3) is 0.360. The number of carbonyl (C=O) groups is 4. The van der Waals surface area contributed by atoms with E-state index in [1.165, 1.54) is 0 Å². The summed E-state index contributed by atoms with van der Waals surface area (Å²) in [6.45, 7) is 5.13. The second kappa shape index (κ2) is 13.7. The Kier molecular flexibility index (Phi) is 10.6. The molecule has 0 saturated heterocycles. The number of carbonyl (C=O) groups excluding carboxylic acids is 4. The molecule has 8 heteroatoms. The molecule has 0 unspecified atom stereocenters. The highest BCUT2D eigenvalue weighted by atomic mass is 16.2. The van der Waals surface area contributed by atoms with E-state index < -0.39 is 0 Å². The summed E-state index contributed by atoms with van der Waals surface area (Å²) in [4.78, 5) is 48.6. The molecule has 0 aliphatic carbocycles. The Morgan fingerprint density at radius 1 is 0.667 bits per heavy atom. The first-order valence-corrected chi connectivity index (χ1v) is 11.3. The number of rotatable bonds is 12. The third-order valence-electron chi connectivity index (χ3n) is 4.70. The van der Waals surface area contributed by atoms with Crippen LogP contribution in [0.2, 0.25) is 0 Å². The molecule has 0 aromatic heterocycles. The van der Waals surface area contributed by atoms with Gasteiger partial charge < -0.3 is 21.3 Å². The SMILES string of the molecule is CCCNC(=O)c1cccc(NC(=O)CCCC(=O)Nc2cccc(C(=O)NCCC)c2)c1. The molecule has 2 rings (SSSR count). The molecule has 0 saturated carbocycles. The van der Waals surface area contributed by atoms with Crippen molar-refractivity contribution in [1.82, 2.24) is 10.6 Å². The van der Waals surface area contributed by atoms with Gasteiger partial charge in [0.2, 0.25) is 11.8 Å². The number of anilines is 2. The minimum atomic E-state index is -0.233. The van der Waals surface area contributed by atoms with E-state index in [9.17, 15) is 19.2 Å². The Morgan fingerprint density at radius 2 is 1.09 bits per heavy atom. The molecule has 33 heavy (non-hydrogen) atoms. The van der Waals surface area contributed by atoms with Gasteiger partial charge in [-0.1, -0.05) is 26.0 Å². The molecule has 4 N–H and O–H groups in total. The standard InChI is InChI=1S/C25H32N4O4/c1-3-14-26-24(32)18-8-5-10-20(16-18)28-22(30)12-7-13-23(31)29-21-11-6-9-19(17-21)25(33)27-15-4-2/h5-6,8-11,16-17H,3-4,7,12-15H2,1-2H3,(H,26,32)(H,27,33)(H,28,30)(H,29,31). The summed E-state index contributed by atoms with van der Waals surface area (Å²) in [6.07, 6.45) is 2.38. The first kappa shape index (κ1) is 25.6. The van der Waals surface area contributed by atoms with Crippen molar-refractivity contribution in [2.45, 2.75) is 46.0 Å². The van der Waals surface area contributed by atoms with E-state index in [4.69, 9.17) is 0 Å². The predicted molar refractivity (Wildman–Crippen MR) is 129 cm³/mol. The molecular formula is C25H32N4O4. The van der Waals surface area contributed by atoms with E-state index in [2.05, 4.69) is 21.3 Å². The molecule has 0 radical (unpaired) electrons. The summed E-state index contributed by atoms with van der Waals surface area (Å²) >= 11 is 0. The van der Waals surface area contributed by atoms with Crippen molar-refractivity contribution >= 4 is 35.0 Å². The monoisotopic (exact) mass is 452 g/mol. The molecule has 0 heterocycles. The zero-order valence-corrected chi connectivity index (χ0v) is 19.2. The van der Waals surface area contributed by atoms with Crippen LogP contribution in [0.3, 0.4) is 0 Å². The van der Waals surface area contributed by atoms with Gasteiger partial charge in [0.05, 0.1) is 0 Å². The molecule has 0 aliphatic rings. The van der Waals surface area contributed by atoms with Crippen LogP contribution in [0.1, 0.15) is 66.7 Å². The van der Waals surface area contributed by atoms with Crippen LogP contribution in [-0.4, -0.2) is 36.7 Å². The van der Waals surface area contributed by atoms with Crippen molar-refractivity contribution in [3.63, 3.8) is 0 Å². The molecule has 2 aromatic carbocycles. The van der Waals surface area contributed by atoms with Gasteiger partial charge in [-0.25, -0.2) is 0 Å². The Bertz CT molecular complexity index is 897. The minimum absolute atomic E-state index is 0.166. The average Bonchev–Trinajstić information content (AvgIpc) is 2.81. The Morgan fingerprint density at radius 3 is 1.48 bits per heavy atom. The van der Waals surface area contributed by atoms with Crippen LogP contribution in [0.5, 0.6) is 0 Å².